The first-order chi connectivity index (χ1) is 14.5. The number of hydrogen-bond donors (Lipinski definition) is 3. The van der Waals surface area contributed by atoms with Gasteiger partial charge in [0, 0.05) is 29.5 Å². The van der Waals surface area contributed by atoms with Crippen LogP contribution in [-0.4, -0.2) is 26.8 Å². The molecule has 30 heavy (non-hydrogen) atoms. The van der Waals surface area contributed by atoms with Crippen molar-refractivity contribution in [3.05, 3.63) is 59.6 Å². The van der Waals surface area contributed by atoms with Gasteiger partial charge in [0.15, 0.2) is 16.7 Å². The fraction of sp³-hybridized carbons (Fsp3) is 0.100. The summed E-state index contributed by atoms with van der Waals surface area (Å²) in [5.74, 6) is -1.28. The van der Waals surface area contributed by atoms with E-state index in [1.807, 2.05) is 0 Å². The lowest BCUT2D eigenvalue weighted by molar-refractivity contribution is -0.123. The molecule has 0 radical (unpaired) electrons. The topological polar surface area (TPSA) is 109 Å². The maximum absolute atomic E-state index is 14.5. The molecule has 0 atom stereocenters. The molecule has 4 rings (SSSR count). The van der Waals surface area contributed by atoms with Crippen LogP contribution in [0.3, 0.4) is 0 Å². The Labute approximate surface area is 174 Å². The van der Waals surface area contributed by atoms with Crippen molar-refractivity contribution in [1.29, 1.82) is 0 Å². The van der Waals surface area contributed by atoms with E-state index < -0.39 is 24.1 Å². The number of carbonyl (C=O) groups excluding carboxylic acids is 2. The number of aromatic amines is 1. The first-order valence-electron chi connectivity index (χ1n) is 8.89. The van der Waals surface area contributed by atoms with E-state index in [4.69, 9.17) is 4.74 Å². The molecule has 0 saturated carbocycles. The number of rotatable bonds is 6. The minimum absolute atomic E-state index is 0.00131. The third kappa shape index (κ3) is 4.44. The second-order valence-electron chi connectivity index (χ2n) is 6.36. The van der Waals surface area contributed by atoms with Crippen molar-refractivity contribution in [1.82, 2.24) is 15.0 Å². The van der Waals surface area contributed by atoms with Crippen LogP contribution in [0, 0.1) is 12.7 Å². The molecule has 10 heteroatoms. The summed E-state index contributed by atoms with van der Waals surface area (Å²) >= 11 is 1.27. The molecular formula is C20H16FN5O3S. The Bertz CT molecular complexity index is 1240. The van der Waals surface area contributed by atoms with Crippen molar-refractivity contribution in [2.24, 2.45) is 0 Å². The van der Waals surface area contributed by atoms with Crippen LogP contribution in [0.25, 0.3) is 11.0 Å². The Morgan fingerprint density at radius 2 is 2.00 bits per heavy atom. The SMILES string of the molecule is Cc1csc(NC(=O)CC(=O)Nc2ccc(Oc3ccnc4[nH]ccc34)c(F)c2)n1. The van der Waals surface area contributed by atoms with Gasteiger partial charge in [-0.25, -0.2) is 14.4 Å². The molecule has 0 bridgehead atoms. The van der Waals surface area contributed by atoms with E-state index in [1.54, 1.807) is 36.8 Å². The van der Waals surface area contributed by atoms with E-state index >= 15 is 0 Å². The number of halogens is 1. The summed E-state index contributed by atoms with van der Waals surface area (Å²) in [5.41, 5.74) is 1.62. The molecule has 0 spiro atoms. The molecule has 8 nitrogen and oxygen atoms in total. The second kappa shape index (κ2) is 8.29. The number of anilines is 2. The zero-order chi connectivity index (χ0) is 21.1. The standard InChI is InChI=1S/C20H16FN5O3S/c1-11-10-30-20(24-11)26-18(28)9-17(27)25-12-2-3-16(14(21)8-12)29-15-5-7-23-19-13(15)4-6-22-19/h2-8,10H,9H2,1H3,(H,22,23)(H,25,27)(H,24,26,28). The van der Waals surface area contributed by atoms with Crippen LogP contribution in [0.15, 0.2) is 48.1 Å². The zero-order valence-electron chi connectivity index (χ0n) is 15.7. The predicted octanol–water partition coefficient (Wildman–Crippen LogP) is 4.23. The van der Waals surface area contributed by atoms with Crippen LogP contribution in [0.4, 0.5) is 15.2 Å². The van der Waals surface area contributed by atoms with Crippen molar-refractivity contribution in [3.63, 3.8) is 0 Å². The highest BCUT2D eigenvalue weighted by atomic mass is 32.1. The summed E-state index contributed by atoms with van der Waals surface area (Å²) in [7, 11) is 0. The number of ether oxygens (including phenoxy) is 1. The highest BCUT2D eigenvalue weighted by Crippen LogP contribution is 2.31. The van der Waals surface area contributed by atoms with Gasteiger partial charge in [-0.15, -0.1) is 11.3 Å². The quantitative estimate of drug-likeness (QED) is 0.401. The van der Waals surface area contributed by atoms with E-state index in [2.05, 4.69) is 25.6 Å². The van der Waals surface area contributed by atoms with Gasteiger partial charge in [0.05, 0.1) is 11.1 Å². The lowest BCUT2D eigenvalue weighted by Gasteiger charge is -2.10. The number of amides is 2. The number of nitrogens with zero attached hydrogens (tertiary/aromatic N) is 2. The Morgan fingerprint density at radius 3 is 2.77 bits per heavy atom. The van der Waals surface area contributed by atoms with Gasteiger partial charge in [0.2, 0.25) is 11.8 Å². The first kappa shape index (κ1) is 19.5. The third-order valence-corrected chi connectivity index (χ3v) is 4.92. The molecule has 2 amide bonds. The van der Waals surface area contributed by atoms with E-state index in [9.17, 15) is 14.0 Å². The van der Waals surface area contributed by atoms with Gasteiger partial charge in [-0.2, -0.15) is 0 Å². The fourth-order valence-corrected chi connectivity index (χ4v) is 3.43. The lowest BCUT2D eigenvalue weighted by Crippen LogP contribution is -2.21. The maximum atomic E-state index is 14.5. The minimum Gasteiger partial charge on any atom is -0.453 e. The van der Waals surface area contributed by atoms with Gasteiger partial charge in [0.1, 0.15) is 17.8 Å². The van der Waals surface area contributed by atoms with Crippen molar-refractivity contribution in [3.8, 4) is 11.5 Å². The average molecular weight is 425 g/mol. The summed E-state index contributed by atoms with van der Waals surface area (Å²) in [6.07, 6.45) is 2.85. The summed E-state index contributed by atoms with van der Waals surface area (Å²) in [6, 6.07) is 7.44. The molecule has 0 aliphatic carbocycles. The van der Waals surface area contributed by atoms with E-state index in [0.29, 0.717) is 16.5 Å². The number of pyridine rings is 1. The molecule has 3 heterocycles. The lowest BCUT2D eigenvalue weighted by atomic mass is 10.2. The Morgan fingerprint density at radius 1 is 1.17 bits per heavy atom. The minimum atomic E-state index is -0.656. The maximum Gasteiger partial charge on any atom is 0.235 e. The van der Waals surface area contributed by atoms with Crippen LogP contribution < -0.4 is 15.4 Å². The van der Waals surface area contributed by atoms with Crippen LogP contribution in [-0.2, 0) is 9.59 Å². The van der Waals surface area contributed by atoms with Crippen molar-refractivity contribution in [2.75, 3.05) is 10.6 Å². The van der Waals surface area contributed by atoms with Gasteiger partial charge < -0.3 is 20.4 Å². The van der Waals surface area contributed by atoms with Gasteiger partial charge in [-0.05, 0) is 31.2 Å². The smallest absolute Gasteiger partial charge is 0.235 e. The Balaban J connectivity index is 1.38. The summed E-state index contributed by atoms with van der Waals surface area (Å²) in [6.45, 7) is 1.80. The first-order valence-corrected chi connectivity index (χ1v) is 9.77. The molecule has 1 aromatic carbocycles. The molecule has 3 aromatic heterocycles. The van der Waals surface area contributed by atoms with Crippen LogP contribution in [0.2, 0.25) is 0 Å². The zero-order valence-corrected chi connectivity index (χ0v) is 16.5. The largest absolute Gasteiger partial charge is 0.453 e. The molecule has 152 valence electrons. The number of aryl methyl sites for hydroxylation is 1. The number of benzene rings is 1. The summed E-state index contributed by atoms with van der Waals surface area (Å²) < 4.78 is 20.1. The molecule has 0 fully saturated rings. The van der Waals surface area contributed by atoms with Crippen molar-refractivity contribution >= 4 is 45.0 Å². The number of hydrogen-bond acceptors (Lipinski definition) is 6. The van der Waals surface area contributed by atoms with E-state index in [-0.39, 0.29) is 11.4 Å². The Hall–Kier alpha value is -3.79. The predicted molar refractivity (Wildman–Crippen MR) is 111 cm³/mol. The second-order valence-corrected chi connectivity index (χ2v) is 7.22. The van der Waals surface area contributed by atoms with Crippen LogP contribution in [0.5, 0.6) is 11.5 Å². The monoisotopic (exact) mass is 425 g/mol. The highest BCUT2D eigenvalue weighted by molar-refractivity contribution is 7.13. The fourth-order valence-electron chi connectivity index (χ4n) is 2.73. The molecule has 0 unspecified atom stereocenters. The van der Waals surface area contributed by atoms with E-state index in [0.717, 1.165) is 17.1 Å². The molecule has 4 aromatic rings. The normalized spacial score (nSPS) is 10.7. The number of H-pyrrole nitrogens is 1. The number of fused-ring (bicyclic) bond motifs is 1. The molecule has 0 aliphatic rings. The molecule has 0 aliphatic heterocycles. The highest BCUT2D eigenvalue weighted by Gasteiger charge is 2.14. The molecule has 0 saturated heterocycles. The van der Waals surface area contributed by atoms with E-state index in [1.165, 1.54) is 23.5 Å². The number of carbonyl (C=O) groups is 2. The average Bonchev–Trinajstić information content (AvgIpc) is 3.33. The van der Waals surface area contributed by atoms with Crippen molar-refractivity contribution in [2.45, 2.75) is 13.3 Å². The van der Waals surface area contributed by atoms with Gasteiger partial charge >= 0.3 is 0 Å². The van der Waals surface area contributed by atoms with Crippen LogP contribution >= 0.6 is 11.3 Å². The van der Waals surface area contributed by atoms with Gasteiger partial charge in [-0.1, -0.05) is 0 Å². The third-order valence-electron chi connectivity index (χ3n) is 4.04. The Kier molecular flexibility index (Phi) is 5.40. The van der Waals surface area contributed by atoms with Crippen molar-refractivity contribution < 1.29 is 18.7 Å². The number of nitrogens with one attached hydrogen (secondary N) is 3. The molecular weight excluding hydrogens is 409 g/mol. The van der Waals surface area contributed by atoms with Gasteiger partial charge in [-0.3, -0.25) is 9.59 Å². The summed E-state index contributed by atoms with van der Waals surface area (Å²) in [5, 5.41) is 7.97. The number of thiazole rings is 1. The number of aromatic nitrogens is 3. The van der Waals surface area contributed by atoms with Crippen LogP contribution in [0.1, 0.15) is 12.1 Å². The summed E-state index contributed by atoms with van der Waals surface area (Å²) in [4.78, 5) is 35.2. The van der Waals surface area contributed by atoms with Gasteiger partial charge in [0.25, 0.3) is 0 Å². The molecule has 3 N–H and O–H groups in total.